The number of carbonyl (C=O) groups is 1. The maximum atomic E-state index is 10.5. The van der Waals surface area contributed by atoms with E-state index in [2.05, 4.69) is 15.0 Å². The number of nitrogens with one attached hydrogen (secondary N) is 1. The van der Waals surface area contributed by atoms with Crippen molar-refractivity contribution in [3.63, 3.8) is 0 Å². The third kappa shape index (κ3) is 1.32. The van der Waals surface area contributed by atoms with Crippen LogP contribution in [-0.4, -0.2) is 26.0 Å². The molecule has 2 heterocycles. The number of carboxylic acid groups (broad SMARTS) is 1. The summed E-state index contributed by atoms with van der Waals surface area (Å²) in [6, 6.07) is 0. The van der Waals surface area contributed by atoms with Crippen LogP contribution in [-0.2, 0) is 11.2 Å². The Kier molecular flexibility index (Phi) is 1.92. The van der Waals surface area contributed by atoms with Gasteiger partial charge in [0.25, 0.3) is 0 Å². The third-order valence-electron chi connectivity index (χ3n) is 2.17. The predicted molar refractivity (Wildman–Crippen MR) is 50.0 cm³/mol. The Hall–Kier alpha value is -1.91. The van der Waals surface area contributed by atoms with Gasteiger partial charge in [-0.15, -0.1) is 0 Å². The molecule has 5 nitrogen and oxygen atoms in total. The smallest absolute Gasteiger partial charge is 0.309 e. The number of fused-ring (bicyclic) bond motifs is 1. The van der Waals surface area contributed by atoms with Gasteiger partial charge in [0.05, 0.1) is 6.42 Å². The molecule has 0 aliphatic heterocycles. The van der Waals surface area contributed by atoms with Crippen molar-refractivity contribution in [3.05, 3.63) is 23.8 Å². The van der Waals surface area contributed by atoms with Gasteiger partial charge in [0.2, 0.25) is 0 Å². The van der Waals surface area contributed by atoms with E-state index >= 15 is 0 Å². The van der Waals surface area contributed by atoms with Crippen LogP contribution in [0.1, 0.15) is 11.3 Å². The van der Waals surface area contributed by atoms with Crippen LogP contribution in [0.2, 0.25) is 0 Å². The summed E-state index contributed by atoms with van der Waals surface area (Å²) in [4.78, 5) is 21.4. The average molecular weight is 191 g/mol. The van der Waals surface area contributed by atoms with Crippen LogP contribution in [0.3, 0.4) is 0 Å². The number of carboxylic acids is 1. The molecular weight excluding hydrogens is 182 g/mol. The Bertz CT molecular complexity index is 490. The van der Waals surface area contributed by atoms with Crippen LogP contribution in [0.25, 0.3) is 11.0 Å². The van der Waals surface area contributed by atoms with E-state index < -0.39 is 5.97 Å². The van der Waals surface area contributed by atoms with Gasteiger partial charge in [-0.05, 0) is 12.5 Å². The molecule has 0 atom stereocenters. The second-order valence-corrected chi connectivity index (χ2v) is 3.08. The maximum absolute atomic E-state index is 10.5. The normalized spacial score (nSPS) is 10.6. The van der Waals surface area contributed by atoms with Crippen LogP contribution < -0.4 is 0 Å². The van der Waals surface area contributed by atoms with Crippen molar-refractivity contribution >= 4 is 17.0 Å². The molecule has 2 aromatic heterocycles. The van der Waals surface area contributed by atoms with Crippen molar-refractivity contribution in [2.75, 3.05) is 0 Å². The van der Waals surface area contributed by atoms with Crippen LogP contribution in [0.4, 0.5) is 0 Å². The highest BCUT2D eigenvalue weighted by molar-refractivity contribution is 5.82. The minimum absolute atomic E-state index is 0.0117. The number of aliphatic carboxylic acids is 1. The summed E-state index contributed by atoms with van der Waals surface area (Å²) < 4.78 is 0. The minimum atomic E-state index is -0.854. The van der Waals surface area contributed by atoms with Gasteiger partial charge in [-0.25, -0.2) is 9.97 Å². The van der Waals surface area contributed by atoms with E-state index in [4.69, 9.17) is 5.11 Å². The van der Waals surface area contributed by atoms with Crippen molar-refractivity contribution in [2.24, 2.45) is 0 Å². The number of hydrogen-bond acceptors (Lipinski definition) is 3. The molecule has 2 N–H and O–H groups in total. The molecule has 5 heteroatoms. The second-order valence-electron chi connectivity index (χ2n) is 3.08. The van der Waals surface area contributed by atoms with Crippen LogP contribution in [0.5, 0.6) is 0 Å². The number of H-pyrrole nitrogens is 1. The lowest BCUT2D eigenvalue weighted by Crippen LogP contribution is -2.01. The van der Waals surface area contributed by atoms with Gasteiger partial charge in [-0.1, -0.05) is 0 Å². The third-order valence-corrected chi connectivity index (χ3v) is 2.17. The molecule has 0 amide bonds. The summed E-state index contributed by atoms with van der Waals surface area (Å²) in [5.74, 6) is -0.854. The molecule has 0 radical (unpaired) electrons. The molecule has 0 bridgehead atoms. The SMILES string of the molecule is Cc1c(CC(=O)O)[nH]c2ncncc12. The number of aromatic amines is 1. The Morgan fingerprint density at radius 2 is 2.43 bits per heavy atom. The lowest BCUT2D eigenvalue weighted by molar-refractivity contribution is -0.136. The largest absolute Gasteiger partial charge is 0.481 e. The molecular formula is C9H9N3O2. The zero-order valence-corrected chi connectivity index (χ0v) is 7.61. The fourth-order valence-electron chi connectivity index (χ4n) is 1.43. The Balaban J connectivity index is 2.57. The van der Waals surface area contributed by atoms with E-state index in [1.807, 2.05) is 6.92 Å². The molecule has 72 valence electrons. The summed E-state index contributed by atoms with van der Waals surface area (Å²) >= 11 is 0. The highest BCUT2D eigenvalue weighted by Crippen LogP contribution is 2.18. The first-order valence-corrected chi connectivity index (χ1v) is 4.17. The van der Waals surface area contributed by atoms with E-state index in [1.165, 1.54) is 6.33 Å². The minimum Gasteiger partial charge on any atom is -0.481 e. The quantitative estimate of drug-likeness (QED) is 0.738. The first kappa shape index (κ1) is 8.68. The van der Waals surface area contributed by atoms with Gasteiger partial charge in [-0.2, -0.15) is 0 Å². The number of hydrogen-bond donors (Lipinski definition) is 2. The summed E-state index contributed by atoms with van der Waals surface area (Å²) in [5, 5.41) is 9.54. The predicted octanol–water partition coefficient (Wildman–Crippen LogP) is 0.893. The molecule has 0 saturated heterocycles. The molecule has 0 unspecified atom stereocenters. The summed E-state index contributed by atoms with van der Waals surface area (Å²) in [6.45, 7) is 1.86. The molecule has 0 aliphatic rings. The van der Waals surface area contributed by atoms with Gasteiger partial charge < -0.3 is 10.1 Å². The van der Waals surface area contributed by atoms with E-state index in [0.717, 1.165) is 10.9 Å². The van der Waals surface area contributed by atoms with Gasteiger partial charge in [0, 0.05) is 17.3 Å². The lowest BCUT2D eigenvalue weighted by atomic mass is 10.2. The van der Waals surface area contributed by atoms with Gasteiger partial charge >= 0.3 is 5.97 Å². The lowest BCUT2D eigenvalue weighted by Gasteiger charge is -1.93. The van der Waals surface area contributed by atoms with Gasteiger partial charge in [0.1, 0.15) is 12.0 Å². The Morgan fingerprint density at radius 3 is 3.07 bits per heavy atom. The number of aryl methyl sites for hydroxylation is 1. The van der Waals surface area contributed by atoms with Crippen molar-refractivity contribution in [1.29, 1.82) is 0 Å². The van der Waals surface area contributed by atoms with Crippen molar-refractivity contribution in [3.8, 4) is 0 Å². The zero-order chi connectivity index (χ0) is 10.1. The van der Waals surface area contributed by atoms with Crippen LogP contribution >= 0.6 is 0 Å². The van der Waals surface area contributed by atoms with Gasteiger partial charge in [-0.3, -0.25) is 4.79 Å². The van der Waals surface area contributed by atoms with E-state index in [0.29, 0.717) is 11.3 Å². The van der Waals surface area contributed by atoms with Crippen molar-refractivity contribution in [1.82, 2.24) is 15.0 Å². The Morgan fingerprint density at radius 1 is 1.64 bits per heavy atom. The number of nitrogens with zero attached hydrogens (tertiary/aromatic N) is 2. The molecule has 2 aromatic rings. The van der Waals surface area contributed by atoms with Crippen LogP contribution in [0.15, 0.2) is 12.5 Å². The van der Waals surface area contributed by atoms with Gasteiger partial charge in [0.15, 0.2) is 0 Å². The van der Waals surface area contributed by atoms with Crippen molar-refractivity contribution in [2.45, 2.75) is 13.3 Å². The first-order chi connectivity index (χ1) is 6.68. The molecule has 0 aromatic carbocycles. The van der Waals surface area contributed by atoms with Crippen molar-refractivity contribution < 1.29 is 9.90 Å². The zero-order valence-electron chi connectivity index (χ0n) is 7.61. The summed E-state index contributed by atoms with van der Waals surface area (Å²) in [6.07, 6.45) is 3.10. The fourth-order valence-corrected chi connectivity index (χ4v) is 1.43. The van der Waals surface area contributed by atoms with E-state index in [9.17, 15) is 4.79 Å². The standard InChI is InChI=1S/C9H9N3O2/c1-5-6-3-10-4-11-9(6)12-7(5)2-8(13)14/h3-4H,2H2,1H3,(H,13,14)(H,10,11,12). The molecule has 0 saturated carbocycles. The molecule has 0 spiro atoms. The Labute approximate surface area is 79.8 Å². The highest BCUT2D eigenvalue weighted by atomic mass is 16.4. The summed E-state index contributed by atoms with van der Waals surface area (Å²) in [7, 11) is 0. The molecule has 2 rings (SSSR count). The first-order valence-electron chi connectivity index (χ1n) is 4.17. The second kappa shape index (κ2) is 3.10. The van der Waals surface area contributed by atoms with Crippen LogP contribution in [0, 0.1) is 6.92 Å². The molecule has 0 aliphatic carbocycles. The monoisotopic (exact) mass is 191 g/mol. The molecule has 14 heavy (non-hydrogen) atoms. The topological polar surface area (TPSA) is 78.9 Å². The number of aromatic nitrogens is 3. The summed E-state index contributed by atoms with van der Waals surface area (Å²) in [5.41, 5.74) is 2.28. The highest BCUT2D eigenvalue weighted by Gasteiger charge is 2.10. The molecule has 0 fully saturated rings. The fraction of sp³-hybridized carbons (Fsp3) is 0.222. The van der Waals surface area contributed by atoms with E-state index in [-0.39, 0.29) is 6.42 Å². The maximum Gasteiger partial charge on any atom is 0.309 e. The van der Waals surface area contributed by atoms with E-state index in [1.54, 1.807) is 6.20 Å². The average Bonchev–Trinajstić information content (AvgIpc) is 2.44. The number of rotatable bonds is 2.